The van der Waals surface area contributed by atoms with Crippen molar-refractivity contribution in [3.8, 4) is 0 Å². The third-order valence-corrected chi connectivity index (χ3v) is 5.99. The molecular formula is C21H36IN3O2S. The smallest absolute Gasteiger partial charge is 0.194 e. The van der Waals surface area contributed by atoms with Crippen molar-refractivity contribution in [2.75, 3.05) is 25.9 Å². The van der Waals surface area contributed by atoms with Gasteiger partial charge in [0.2, 0.25) is 0 Å². The van der Waals surface area contributed by atoms with Gasteiger partial charge in [0.15, 0.2) is 15.8 Å². The highest BCUT2D eigenvalue weighted by Crippen LogP contribution is 2.33. The lowest BCUT2D eigenvalue weighted by Crippen LogP contribution is -2.49. The predicted octanol–water partition coefficient (Wildman–Crippen LogP) is 4.22. The summed E-state index contributed by atoms with van der Waals surface area (Å²) in [5.41, 5.74) is 2.29. The number of rotatable bonds is 7. The molecule has 7 heteroatoms. The summed E-state index contributed by atoms with van der Waals surface area (Å²) in [4.78, 5) is 7.25. The Hall–Kier alpha value is -0.830. The van der Waals surface area contributed by atoms with Crippen LogP contribution < -0.4 is 5.32 Å². The van der Waals surface area contributed by atoms with Crippen molar-refractivity contribution in [2.24, 2.45) is 10.4 Å². The Balaban J connectivity index is 0.00000392. The van der Waals surface area contributed by atoms with Crippen LogP contribution in [-0.2, 0) is 22.1 Å². The quantitative estimate of drug-likeness (QED) is 0.332. The zero-order valence-electron chi connectivity index (χ0n) is 17.7. The summed E-state index contributed by atoms with van der Waals surface area (Å²) in [6.45, 7) is 10.3. The molecule has 1 fully saturated rings. The molecule has 0 aromatic heterocycles. The van der Waals surface area contributed by atoms with Gasteiger partial charge in [0.25, 0.3) is 0 Å². The first-order chi connectivity index (χ1) is 12.7. The summed E-state index contributed by atoms with van der Waals surface area (Å²) in [6.07, 6.45) is 6.24. The third-order valence-electron chi connectivity index (χ3n) is 5.13. The molecule has 0 saturated carbocycles. The molecule has 1 aromatic carbocycles. The van der Waals surface area contributed by atoms with Crippen LogP contribution in [0, 0.1) is 5.41 Å². The standard InChI is InChI=1S/C21H35N3O2S.HI/c1-5-12-21(3)13-7-14-24(17-21)20(22-6-2)23-15-18-8-10-19(11-9-18)16-27(4,25)26;/h8-11H,5-7,12-17H2,1-4H3,(H,22,23);1H. The molecule has 5 nitrogen and oxygen atoms in total. The van der Waals surface area contributed by atoms with E-state index in [-0.39, 0.29) is 29.7 Å². The second-order valence-corrected chi connectivity index (χ2v) is 10.3. The van der Waals surface area contributed by atoms with Crippen LogP contribution in [0.5, 0.6) is 0 Å². The largest absolute Gasteiger partial charge is 0.357 e. The second-order valence-electron chi connectivity index (χ2n) is 8.14. The van der Waals surface area contributed by atoms with E-state index in [1.165, 1.54) is 31.9 Å². The summed E-state index contributed by atoms with van der Waals surface area (Å²) >= 11 is 0. The molecule has 0 spiro atoms. The maximum absolute atomic E-state index is 11.4. The fourth-order valence-corrected chi connectivity index (χ4v) is 4.74. The molecule has 0 amide bonds. The first kappa shape index (κ1) is 25.2. The molecule has 0 aliphatic carbocycles. The minimum absolute atomic E-state index is 0. The van der Waals surface area contributed by atoms with Gasteiger partial charge < -0.3 is 10.2 Å². The summed E-state index contributed by atoms with van der Waals surface area (Å²) in [5, 5.41) is 3.44. The maximum atomic E-state index is 11.4. The highest BCUT2D eigenvalue weighted by molar-refractivity contribution is 14.0. The summed E-state index contributed by atoms with van der Waals surface area (Å²) in [7, 11) is -3.00. The van der Waals surface area contributed by atoms with Gasteiger partial charge in [-0.1, -0.05) is 44.5 Å². The zero-order valence-corrected chi connectivity index (χ0v) is 20.8. The fraction of sp³-hybridized carbons (Fsp3) is 0.667. The molecule has 28 heavy (non-hydrogen) atoms. The number of aliphatic imine (C=N–C) groups is 1. The maximum Gasteiger partial charge on any atom is 0.194 e. The van der Waals surface area contributed by atoms with Gasteiger partial charge in [-0.05, 0) is 42.7 Å². The van der Waals surface area contributed by atoms with Gasteiger partial charge in [0.05, 0.1) is 12.3 Å². The predicted molar refractivity (Wildman–Crippen MR) is 129 cm³/mol. The van der Waals surface area contributed by atoms with Crippen molar-refractivity contribution in [2.45, 2.75) is 58.8 Å². The van der Waals surface area contributed by atoms with Crippen molar-refractivity contribution in [3.05, 3.63) is 35.4 Å². The Labute approximate surface area is 188 Å². The zero-order chi connectivity index (χ0) is 19.9. The second kappa shape index (κ2) is 11.4. The van der Waals surface area contributed by atoms with Crippen LogP contribution in [0.4, 0.5) is 0 Å². The van der Waals surface area contributed by atoms with E-state index in [1.54, 1.807) is 0 Å². The molecule has 1 N–H and O–H groups in total. The Bertz CT molecular complexity index is 731. The lowest BCUT2D eigenvalue weighted by Gasteiger charge is -2.42. The van der Waals surface area contributed by atoms with E-state index in [0.29, 0.717) is 12.0 Å². The number of sulfone groups is 1. The van der Waals surface area contributed by atoms with E-state index >= 15 is 0 Å². The average molecular weight is 522 g/mol. The van der Waals surface area contributed by atoms with Gasteiger partial charge in [-0.2, -0.15) is 0 Å². The lowest BCUT2D eigenvalue weighted by atomic mass is 9.78. The van der Waals surface area contributed by atoms with Crippen LogP contribution in [0.3, 0.4) is 0 Å². The topological polar surface area (TPSA) is 61.8 Å². The fourth-order valence-electron chi connectivity index (χ4n) is 3.94. The molecule has 160 valence electrons. The van der Waals surface area contributed by atoms with Crippen LogP contribution in [-0.4, -0.2) is 45.2 Å². The first-order valence-corrected chi connectivity index (χ1v) is 12.1. The van der Waals surface area contributed by atoms with Gasteiger partial charge in [-0.15, -0.1) is 24.0 Å². The number of nitrogens with one attached hydrogen (secondary N) is 1. The van der Waals surface area contributed by atoms with Gasteiger partial charge in [-0.3, -0.25) is 0 Å². The molecule has 1 unspecified atom stereocenters. The normalized spacial score (nSPS) is 20.6. The van der Waals surface area contributed by atoms with Crippen molar-refractivity contribution in [1.29, 1.82) is 0 Å². The molecule has 2 rings (SSSR count). The number of likely N-dealkylation sites (tertiary alicyclic amines) is 1. The summed E-state index contributed by atoms with van der Waals surface area (Å²) in [6, 6.07) is 7.73. The highest BCUT2D eigenvalue weighted by atomic mass is 127. The summed E-state index contributed by atoms with van der Waals surface area (Å²) < 4.78 is 22.8. The Morgan fingerprint density at radius 1 is 1.21 bits per heavy atom. The summed E-state index contributed by atoms with van der Waals surface area (Å²) in [5.74, 6) is 1.07. The lowest BCUT2D eigenvalue weighted by molar-refractivity contribution is 0.142. The highest BCUT2D eigenvalue weighted by Gasteiger charge is 2.31. The van der Waals surface area contributed by atoms with Gasteiger partial charge in [0.1, 0.15) is 0 Å². The van der Waals surface area contributed by atoms with Gasteiger partial charge in [-0.25, -0.2) is 13.4 Å². The number of hydrogen-bond acceptors (Lipinski definition) is 3. The molecule has 1 heterocycles. The van der Waals surface area contributed by atoms with Crippen LogP contribution in [0.25, 0.3) is 0 Å². The minimum Gasteiger partial charge on any atom is -0.357 e. The van der Waals surface area contributed by atoms with Crippen LogP contribution in [0.15, 0.2) is 29.3 Å². The van der Waals surface area contributed by atoms with E-state index < -0.39 is 9.84 Å². The molecule has 1 aliphatic heterocycles. The number of benzene rings is 1. The number of nitrogens with zero attached hydrogens (tertiary/aromatic N) is 2. The average Bonchev–Trinajstić information content (AvgIpc) is 2.58. The molecule has 1 aromatic rings. The van der Waals surface area contributed by atoms with E-state index in [9.17, 15) is 8.42 Å². The van der Waals surface area contributed by atoms with Crippen molar-refractivity contribution in [1.82, 2.24) is 10.2 Å². The number of halogens is 1. The third kappa shape index (κ3) is 8.27. The Kier molecular flexibility index (Phi) is 10.2. The van der Waals surface area contributed by atoms with E-state index in [4.69, 9.17) is 4.99 Å². The Morgan fingerprint density at radius 3 is 2.43 bits per heavy atom. The number of hydrogen-bond donors (Lipinski definition) is 1. The first-order valence-electron chi connectivity index (χ1n) is 10.0. The van der Waals surface area contributed by atoms with Crippen LogP contribution in [0.1, 0.15) is 57.6 Å². The van der Waals surface area contributed by atoms with Crippen molar-refractivity contribution < 1.29 is 8.42 Å². The van der Waals surface area contributed by atoms with Crippen LogP contribution >= 0.6 is 24.0 Å². The number of guanidine groups is 1. The van der Waals surface area contributed by atoms with E-state index in [1.807, 2.05) is 24.3 Å². The minimum atomic E-state index is -3.00. The van der Waals surface area contributed by atoms with Crippen molar-refractivity contribution >= 4 is 39.8 Å². The molecule has 0 bridgehead atoms. The Morgan fingerprint density at radius 2 is 1.86 bits per heavy atom. The monoisotopic (exact) mass is 521 g/mol. The number of piperidine rings is 1. The van der Waals surface area contributed by atoms with Crippen LogP contribution in [0.2, 0.25) is 0 Å². The molecular weight excluding hydrogens is 485 g/mol. The van der Waals surface area contributed by atoms with Gasteiger partial charge in [0, 0.05) is 25.9 Å². The van der Waals surface area contributed by atoms with E-state index in [2.05, 4.69) is 31.0 Å². The molecule has 1 saturated heterocycles. The molecule has 0 radical (unpaired) electrons. The van der Waals surface area contributed by atoms with Crippen molar-refractivity contribution in [3.63, 3.8) is 0 Å². The molecule has 1 aliphatic rings. The van der Waals surface area contributed by atoms with Gasteiger partial charge >= 0.3 is 0 Å². The SMILES string of the molecule is CCCC1(C)CCCN(C(=NCc2ccc(CS(C)(=O)=O)cc2)NCC)C1.I. The van der Waals surface area contributed by atoms with E-state index in [0.717, 1.165) is 36.7 Å². The molecule has 1 atom stereocenters.